The lowest BCUT2D eigenvalue weighted by atomic mass is 10.2. The first kappa shape index (κ1) is 18.6. The van der Waals surface area contributed by atoms with Crippen molar-refractivity contribution in [1.29, 1.82) is 0 Å². The van der Waals surface area contributed by atoms with Crippen LogP contribution in [0.4, 0.5) is 0 Å². The van der Waals surface area contributed by atoms with Gasteiger partial charge in [0.05, 0.1) is 5.25 Å². The fraction of sp³-hybridized carbons (Fsp3) is 1.00. The number of nitrogens with one attached hydrogen (secondary N) is 1. The molecule has 1 aliphatic rings. The molecule has 0 unspecified atom stereocenters. The first-order chi connectivity index (χ1) is 7.02. The topological polar surface area (TPSA) is 46.2 Å². The second-order valence-corrected chi connectivity index (χ2v) is 6.50. The maximum atomic E-state index is 10.6. The normalized spacial score (nSPS) is 15.4. The zero-order valence-corrected chi connectivity index (χ0v) is 12.3. The number of hydrogen-bond acceptors (Lipinski definition) is 3. The predicted octanol–water partition coefficient (Wildman–Crippen LogP) is 2.40. The molecule has 3 nitrogen and oxygen atoms in total. The van der Waals surface area contributed by atoms with Gasteiger partial charge in [0.25, 0.3) is 0 Å². The average Bonchev–Trinajstić information content (AvgIpc) is 2.00. The molecule has 1 heterocycles. The van der Waals surface area contributed by atoms with E-state index in [0.29, 0.717) is 13.1 Å². The molecule has 0 atom stereocenters. The van der Waals surface area contributed by atoms with Crippen molar-refractivity contribution >= 4 is 22.2 Å². The SMILES string of the molecule is CCCCCCC.CS(=O)(=O)C1CNC1.Cl. The van der Waals surface area contributed by atoms with Crippen molar-refractivity contribution in [3.63, 3.8) is 0 Å². The van der Waals surface area contributed by atoms with Gasteiger partial charge >= 0.3 is 0 Å². The average molecular weight is 272 g/mol. The molecule has 0 bridgehead atoms. The number of rotatable bonds is 5. The summed E-state index contributed by atoms with van der Waals surface area (Å²) >= 11 is 0. The maximum absolute atomic E-state index is 10.6. The summed E-state index contributed by atoms with van der Waals surface area (Å²) in [7, 11) is -2.73. The third kappa shape index (κ3) is 9.43. The van der Waals surface area contributed by atoms with Gasteiger partial charge in [-0.3, -0.25) is 0 Å². The van der Waals surface area contributed by atoms with Gasteiger partial charge in [-0.1, -0.05) is 46.0 Å². The third-order valence-electron chi connectivity index (χ3n) is 2.56. The van der Waals surface area contributed by atoms with Crippen molar-refractivity contribution in [1.82, 2.24) is 5.32 Å². The summed E-state index contributed by atoms with van der Waals surface area (Å²) in [5, 5.41) is 2.78. The van der Waals surface area contributed by atoms with Gasteiger partial charge < -0.3 is 5.32 Å². The van der Waals surface area contributed by atoms with Gasteiger partial charge in [0.2, 0.25) is 0 Å². The smallest absolute Gasteiger partial charge is 0.152 e. The van der Waals surface area contributed by atoms with E-state index < -0.39 is 9.84 Å². The predicted molar refractivity (Wildman–Crippen MR) is 73.2 cm³/mol. The Hall–Kier alpha value is 0.200. The lowest BCUT2D eigenvalue weighted by Crippen LogP contribution is -2.51. The van der Waals surface area contributed by atoms with E-state index in [9.17, 15) is 8.42 Å². The third-order valence-corrected chi connectivity index (χ3v) is 4.10. The largest absolute Gasteiger partial charge is 0.314 e. The van der Waals surface area contributed by atoms with E-state index in [-0.39, 0.29) is 17.7 Å². The zero-order valence-electron chi connectivity index (χ0n) is 10.7. The molecular formula is C11H26ClNO2S. The lowest BCUT2D eigenvalue weighted by Gasteiger charge is -2.24. The van der Waals surface area contributed by atoms with E-state index in [1.165, 1.54) is 38.4 Å². The van der Waals surface area contributed by atoms with Crippen LogP contribution in [0, 0.1) is 0 Å². The van der Waals surface area contributed by atoms with E-state index in [2.05, 4.69) is 19.2 Å². The molecule has 16 heavy (non-hydrogen) atoms. The van der Waals surface area contributed by atoms with Crippen molar-refractivity contribution in [2.24, 2.45) is 0 Å². The summed E-state index contributed by atoms with van der Waals surface area (Å²) in [6.07, 6.45) is 8.28. The molecule has 0 spiro atoms. The van der Waals surface area contributed by atoms with Gasteiger partial charge in [-0.25, -0.2) is 8.42 Å². The van der Waals surface area contributed by atoms with E-state index in [0.717, 1.165) is 0 Å². The van der Waals surface area contributed by atoms with Gasteiger partial charge in [0.1, 0.15) is 0 Å². The number of unbranched alkanes of at least 4 members (excludes halogenated alkanes) is 4. The standard InChI is InChI=1S/C7H16.C4H9NO2S.ClH/c1-3-5-7-6-4-2;1-8(6,7)4-2-5-3-4;/h3-7H2,1-2H3;4-5H,2-3H2,1H3;1H. The highest BCUT2D eigenvalue weighted by Gasteiger charge is 2.26. The second kappa shape index (κ2) is 10.4. The molecule has 0 aliphatic carbocycles. The van der Waals surface area contributed by atoms with Gasteiger partial charge in [-0.2, -0.15) is 0 Å². The van der Waals surface area contributed by atoms with Crippen LogP contribution in [0.2, 0.25) is 0 Å². The first-order valence-electron chi connectivity index (χ1n) is 5.92. The van der Waals surface area contributed by atoms with Crippen LogP contribution in [0.5, 0.6) is 0 Å². The molecule has 100 valence electrons. The van der Waals surface area contributed by atoms with Gasteiger partial charge in [-0.05, 0) is 0 Å². The molecule has 1 fully saturated rings. The minimum absolute atomic E-state index is 0. The van der Waals surface area contributed by atoms with Crippen LogP contribution < -0.4 is 5.32 Å². The van der Waals surface area contributed by atoms with Crippen LogP contribution in [0.3, 0.4) is 0 Å². The Morgan fingerprint density at radius 3 is 1.62 bits per heavy atom. The minimum Gasteiger partial charge on any atom is -0.314 e. The van der Waals surface area contributed by atoms with Crippen molar-refractivity contribution < 1.29 is 8.42 Å². The lowest BCUT2D eigenvalue weighted by molar-refractivity contribution is 0.499. The van der Waals surface area contributed by atoms with Crippen LogP contribution in [-0.2, 0) is 9.84 Å². The molecule has 1 saturated heterocycles. The summed E-state index contributed by atoms with van der Waals surface area (Å²) in [5.41, 5.74) is 0. The molecule has 0 aromatic rings. The molecule has 0 saturated carbocycles. The van der Waals surface area contributed by atoms with Crippen LogP contribution >= 0.6 is 12.4 Å². The quantitative estimate of drug-likeness (QED) is 0.781. The Balaban J connectivity index is 0. The molecule has 0 amide bonds. The zero-order chi connectivity index (χ0) is 11.7. The van der Waals surface area contributed by atoms with Crippen molar-refractivity contribution in [3.05, 3.63) is 0 Å². The van der Waals surface area contributed by atoms with Crippen molar-refractivity contribution in [2.75, 3.05) is 19.3 Å². The minimum atomic E-state index is -2.73. The molecule has 1 rings (SSSR count). The van der Waals surface area contributed by atoms with Crippen LogP contribution in [0.1, 0.15) is 46.0 Å². The molecule has 5 heteroatoms. The van der Waals surface area contributed by atoms with E-state index in [4.69, 9.17) is 0 Å². The molecule has 0 aromatic heterocycles. The fourth-order valence-electron chi connectivity index (χ4n) is 1.24. The monoisotopic (exact) mass is 271 g/mol. The second-order valence-electron chi connectivity index (χ2n) is 4.17. The van der Waals surface area contributed by atoms with Crippen molar-refractivity contribution in [2.45, 2.75) is 51.2 Å². The first-order valence-corrected chi connectivity index (χ1v) is 7.87. The highest BCUT2D eigenvalue weighted by molar-refractivity contribution is 7.91. The van der Waals surface area contributed by atoms with Gasteiger partial charge in [0, 0.05) is 19.3 Å². The van der Waals surface area contributed by atoms with Crippen LogP contribution in [-0.4, -0.2) is 33.0 Å². The number of hydrogen-bond donors (Lipinski definition) is 1. The molecule has 1 aliphatic heterocycles. The van der Waals surface area contributed by atoms with Gasteiger partial charge in [0.15, 0.2) is 9.84 Å². The summed E-state index contributed by atoms with van der Waals surface area (Å²) in [5.74, 6) is 0. The van der Waals surface area contributed by atoms with Crippen molar-refractivity contribution in [3.8, 4) is 0 Å². The fourth-order valence-corrected chi connectivity index (χ4v) is 2.08. The van der Waals surface area contributed by atoms with Gasteiger partial charge in [-0.15, -0.1) is 12.4 Å². The summed E-state index contributed by atoms with van der Waals surface area (Å²) in [4.78, 5) is 0. The molecule has 0 aromatic carbocycles. The number of sulfone groups is 1. The Bertz CT molecular complexity index is 234. The summed E-state index contributed by atoms with van der Waals surface area (Å²) in [6, 6.07) is 0. The highest BCUT2D eigenvalue weighted by atomic mass is 35.5. The maximum Gasteiger partial charge on any atom is 0.152 e. The summed E-state index contributed by atoms with van der Waals surface area (Å²) < 4.78 is 21.1. The summed E-state index contributed by atoms with van der Waals surface area (Å²) in [6.45, 7) is 5.77. The Kier molecular flexibility index (Phi) is 12.0. The van der Waals surface area contributed by atoms with E-state index in [1.54, 1.807) is 0 Å². The number of halogens is 1. The molecule has 1 N–H and O–H groups in total. The highest BCUT2D eigenvalue weighted by Crippen LogP contribution is 2.02. The Labute approximate surface area is 107 Å². The Morgan fingerprint density at radius 1 is 1.06 bits per heavy atom. The van der Waals surface area contributed by atoms with Crippen LogP contribution in [0.25, 0.3) is 0 Å². The van der Waals surface area contributed by atoms with E-state index in [1.807, 2.05) is 0 Å². The van der Waals surface area contributed by atoms with Crippen LogP contribution in [0.15, 0.2) is 0 Å². The molecule has 0 radical (unpaired) electrons. The molecular weight excluding hydrogens is 246 g/mol. The van der Waals surface area contributed by atoms with E-state index >= 15 is 0 Å². The Morgan fingerprint density at radius 2 is 1.50 bits per heavy atom.